The number of rotatable bonds is 2. The van der Waals surface area contributed by atoms with E-state index in [9.17, 15) is 10.1 Å². The second-order valence-electron chi connectivity index (χ2n) is 2.20. The van der Waals surface area contributed by atoms with Crippen LogP contribution in [0.15, 0.2) is 24.3 Å². The molecule has 1 aromatic rings. The molecule has 1 aromatic carbocycles. The Morgan fingerprint density at radius 3 is 2.36 bits per heavy atom. The highest BCUT2D eigenvalue weighted by Gasteiger charge is 2.09. The van der Waals surface area contributed by atoms with Crippen molar-refractivity contribution in [3.63, 3.8) is 0 Å². The molecule has 0 radical (unpaired) electrons. The average Bonchev–Trinajstić information content (AvgIpc) is 2.19. The first-order valence-electron chi connectivity index (χ1n) is 3.67. The van der Waals surface area contributed by atoms with Crippen molar-refractivity contribution >= 4 is 12.2 Å². The predicted octanol–water partition coefficient (Wildman–Crippen LogP) is 0.754. The van der Waals surface area contributed by atoms with Gasteiger partial charge in [0.25, 0.3) is 12.2 Å². The Morgan fingerprint density at radius 1 is 1.50 bits per heavy atom. The summed E-state index contributed by atoms with van der Waals surface area (Å²) in [5, 5.41) is 17.2. The third-order valence-corrected chi connectivity index (χ3v) is 1.41. The molecule has 3 N–H and O–H groups in total. The Kier molecular flexibility index (Phi) is 5.64. The van der Waals surface area contributed by atoms with Gasteiger partial charge in [-0.15, -0.1) is 0 Å². The second-order valence-corrected chi connectivity index (χ2v) is 2.20. The summed E-state index contributed by atoms with van der Waals surface area (Å²) in [4.78, 5) is 18.3. The van der Waals surface area contributed by atoms with Gasteiger partial charge in [-0.05, 0) is 0 Å². The van der Waals surface area contributed by atoms with E-state index < -0.39 is 4.92 Å². The van der Waals surface area contributed by atoms with E-state index in [1.54, 1.807) is 18.2 Å². The molecule has 0 heterocycles. The molecule has 0 amide bonds. The molecule has 0 saturated heterocycles. The molecule has 0 spiro atoms. The fourth-order valence-corrected chi connectivity index (χ4v) is 0.862. The van der Waals surface area contributed by atoms with E-state index in [2.05, 4.69) is 0 Å². The molecule has 76 valence electrons. The lowest BCUT2D eigenvalue weighted by Gasteiger charge is -1.96. The maximum atomic E-state index is 10.3. The Morgan fingerprint density at radius 2 is 2.00 bits per heavy atom. The van der Waals surface area contributed by atoms with Gasteiger partial charge >= 0.3 is 0 Å². The summed E-state index contributed by atoms with van der Waals surface area (Å²) < 4.78 is 0. The van der Waals surface area contributed by atoms with Crippen LogP contribution in [-0.4, -0.2) is 16.5 Å². The topological polar surface area (TPSA) is 106 Å². The van der Waals surface area contributed by atoms with Crippen LogP contribution in [0.3, 0.4) is 0 Å². The summed E-state index contributed by atoms with van der Waals surface area (Å²) in [6.07, 6.45) is 0. The number of hydrogen-bond donors (Lipinski definition) is 2. The van der Waals surface area contributed by atoms with E-state index in [0.717, 1.165) is 0 Å². The SMILES string of the molecule is NCc1ccccc1[N+](=O)[O-].O=CO. The number of nitrogens with zero attached hydrogens (tertiary/aromatic N) is 1. The summed E-state index contributed by atoms with van der Waals surface area (Å²) in [5.74, 6) is 0. The van der Waals surface area contributed by atoms with E-state index in [-0.39, 0.29) is 18.7 Å². The minimum Gasteiger partial charge on any atom is -0.483 e. The standard InChI is InChI=1S/C7H8N2O2.CH2O2/c8-5-6-3-1-2-4-7(6)9(10)11;2-1-3/h1-4H,5,8H2;1H,(H,2,3). The molecule has 14 heavy (non-hydrogen) atoms. The molecule has 1 rings (SSSR count). The third-order valence-electron chi connectivity index (χ3n) is 1.41. The Bertz CT molecular complexity index is 314. The number of benzene rings is 1. The van der Waals surface area contributed by atoms with Crippen LogP contribution in [0.2, 0.25) is 0 Å². The van der Waals surface area contributed by atoms with Crippen molar-refractivity contribution in [2.24, 2.45) is 5.73 Å². The van der Waals surface area contributed by atoms with Crippen LogP contribution in [0.4, 0.5) is 5.69 Å². The lowest BCUT2D eigenvalue weighted by molar-refractivity contribution is -0.385. The average molecular weight is 198 g/mol. The number of hydrogen-bond acceptors (Lipinski definition) is 4. The van der Waals surface area contributed by atoms with Crippen LogP contribution in [0.1, 0.15) is 5.56 Å². The lowest BCUT2D eigenvalue weighted by atomic mass is 10.2. The minimum atomic E-state index is -0.428. The number of carbonyl (C=O) groups is 1. The van der Waals surface area contributed by atoms with Crippen molar-refractivity contribution in [1.82, 2.24) is 0 Å². The van der Waals surface area contributed by atoms with Crippen LogP contribution in [0.25, 0.3) is 0 Å². The van der Waals surface area contributed by atoms with Gasteiger partial charge in [-0.25, -0.2) is 0 Å². The van der Waals surface area contributed by atoms with Gasteiger partial charge in [0.2, 0.25) is 0 Å². The zero-order chi connectivity index (χ0) is 11.0. The lowest BCUT2D eigenvalue weighted by Crippen LogP contribution is -2.00. The first-order valence-corrected chi connectivity index (χ1v) is 3.67. The number of nitro groups is 1. The number of nitrogens with two attached hydrogens (primary N) is 1. The molecule has 0 aliphatic carbocycles. The van der Waals surface area contributed by atoms with Crippen LogP contribution in [0, 0.1) is 10.1 Å². The van der Waals surface area contributed by atoms with E-state index >= 15 is 0 Å². The van der Waals surface area contributed by atoms with Crippen LogP contribution in [-0.2, 0) is 11.3 Å². The fourth-order valence-electron chi connectivity index (χ4n) is 0.862. The number of carboxylic acid groups (broad SMARTS) is 1. The zero-order valence-electron chi connectivity index (χ0n) is 7.29. The maximum Gasteiger partial charge on any atom is 0.290 e. The first kappa shape index (κ1) is 12.0. The van der Waals surface area contributed by atoms with Crippen molar-refractivity contribution in [1.29, 1.82) is 0 Å². The summed E-state index contributed by atoms with van der Waals surface area (Å²) >= 11 is 0. The third kappa shape index (κ3) is 3.63. The summed E-state index contributed by atoms with van der Waals surface area (Å²) in [6, 6.07) is 6.45. The van der Waals surface area contributed by atoms with Gasteiger partial charge in [-0.1, -0.05) is 18.2 Å². The Labute approximate surface area is 80.1 Å². The number of para-hydroxylation sites is 1. The van der Waals surface area contributed by atoms with Crippen molar-refractivity contribution in [2.45, 2.75) is 6.54 Å². The zero-order valence-corrected chi connectivity index (χ0v) is 7.29. The van der Waals surface area contributed by atoms with E-state index in [1.165, 1.54) is 6.07 Å². The van der Waals surface area contributed by atoms with Gasteiger partial charge < -0.3 is 10.8 Å². The molecule has 6 heteroatoms. The highest BCUT2D eigenvalue weighted by molar-refractivity contribution is 5.39. The van der Waals surface area contributed by atoms with Crippen molar-refractivity contribution in [3.8, 4) is 0 Å². The quantitative estimate of drug-likeness (QED) is 0.414. The van der Waals surface area contributed by atoms with Gasteiger partial charge in [-0.3, -0.25) is 14.9 Å². The van der Waals surface area contributed by atoms with Gasteiger partial charge in [0, 0.05) is 18.2 Å². The molecule has 0 aromatic heterocycles. The van der Waals surface area contributed by atoms with Gasteiger partial charge in [-0.2, -0.15) is 0 Å². The molecule has 0 atom stereocenters. The molecule has 0 saturated carbocycles. The summed E-state index contributed by atoms with van der Waals surface area (Å²) in [7, 11) is 0. The second kappa shape index (κ2) is 6.55. The van der Waals surface area contributed by atoms with E-state index in [4.69, 9.17) is 15.6 Å². The van der Waals surface area contributed by atoms with Crippen LogP contribution >= 0.6 is 0 Å². The fraction of sp³-hybridized carbons (Fsp3) is 0.125. The molecule has 0 aliphatic rings. The molecular formula is C8H10N2O4. The smallest absolute Gasteiger partial charge is 0.290 e. The van der Waals surface area contributed by atoms with Crippen molar-refractivity contribution in [3.05, 3.63) is 39.9 Å². The van der Waals surface area contributed by atoms with Crippen LogP contribution < -0.4 is 5.73 Å². The monoisotopic (exact) mass is 198 g/mol. The maximum absolute atomic E-state index is 10.3. The predicted molar refractivity (Wildman–Crippen MR) is 49.7 cm³/mol. The van der Waals surface area contributed by atoms with E-state index in [1.807, 2.05) is 0 Å². The van der Waals surface area contributed by atoms with Gasteiger partial charge in [0.15, 0.2) is 0 Å². The number of nitro benzene ring substituents is 1. The normalized spacial score (nSPS) is 8.36. The molecule has 0 fully saturated rings. The summed E-state index contributed by atoms with van der Waals surface area (Å²) in [5.41, 5.74) is 5.94. The molecule has 0 unspecified atom stereocenters. The van der Waals surface area contributed by atoms with Crippen molar-refractivity contribution in [2.75, 3.05) is 0 Å². The molecule has 0 aliphatic heterocycles. The first-order chi connectivity index (χ1) is 6.67. The molecule has 6 nitrogen and oxygen atoms in total. The highest BCUT2D eigenvalue weighted by atomic mass is 16.6. The largest absolute Gasteiger partial charge is 0.483 e. The van der Waals surface area contributed by atoms with Gasteiger partial charge in [0.05, 0.1) is 4.92 Å². The Hall–Kier alpha value is -1.95. The Balaban J connectivity index is 0.000000500. The highest BCUT2D eigenvalue weighted by Crippen LogP contribution is 2.15. The van der Waals surface area contributed by atoms with Crippen molar-refractivity contribution < 1.29 is 14.8 Å². The minimum absolute atomic E-state index is 0.0926. The molecule has 0 bridgehead atoms. The summed E-state index contributed by atoms with van der Waals surface area (Å²) in [6.45, 7) is -0.0445. The van der Waals surface area contributed by atoms with E-state index in [0.29, 0.717) is 5.56 Å². The molecular weight excluding hydrogens is 188 g/mol. The van der Waals surface area contributed by atoms with Gasteiger partial charge in [0.1, 0.15) is 0 Å². The van der Waals surface area contributed by atoms with Crippen LogP contribution in [0.5, 0.6) is 0 Å².